The number of nitrogens with zero attached hydrogens (tertiary/aromatic N) is 1. The van der Waals surface area contributed by atoms with Crippen molar-refractivity contribution >= 4 is 28.1 Å². The van der Waals surface area contributed by atoms with E-state index in [2.05, 4.69) is 26.5 Å². The SMILES string of the molecule is COc1cccc(/C=N/NC(=O)COc2ccc(Br)cc2OC)c1. The summed E-state index contributed by atoms with van der Waals surface area (Å²) in [7, 11) is 3.12. The Balaban J connectivity index is 1.86. The fourth-order valence-electron chi connectivity index (χ4n) is 1.84. The van der Waals surface area contributed by atoms with E-state index in [0.717, 1.165) is 15.8 Å². The second-order valence-corrected chi connectivity index (χ2v) is 5.57. The molecule has 0 saturated carbocycles. The Morgan fingerprint density at radius 3 is 2.75 bits per heavy atom. The van der Waals surface area contributed by atoms with Gasteiger partial charge in [-0.15, -0.1) is 0 Å². The van der Waals surface area contributed by atoms with Crippen molar-refractivity contribution in [3.05, 3.63) is 52.5 Å². The average Bonchev–Trinajstić information content (AvgIpc) is 2.60. The number of hydrogen-bond donors (Lipinski definition) is 1. The topological polar surface area (TPSA) is 69.2 Å². The van der Waals surface area contributed by atoms with Gasteiger partial charge in [-0.1, -0.05) is 28.1 Å². The highest BCUT2D eigenvalue weighted by Crippen LogP contribution is 2.29. The van der Waals surface area contributed by atoms with Gasteiger partial charge in [0.15, 0.2) is 18.1 Å². The zero-order valence-corrected chi connectivity index (χ0v) is 14.9. The Hall–Kier alpha value is -2.54. The molecule has 0 aromatic heterocycles. The number of carbonyl (C=O) groups excluding carboxylic acids is 1. The predicted molar refractivity (Wildman–Crippen MR) is 94.9 cm³/mol. The van der Waals surface area contributed by atoms with Crippen LogP contribution >= 0.6 is 15.9 Å². The van der Waals surface area contributed by atoms with E-state index in [-0.39, 0.29) is 12.5 Å². The second kappa shape index (κ2) is 8.93. The van der Waals surface area contributed by atoms with Gasteiger partial charge in [0.1, 0.15) is 5.75 Å². The summed E-state index contributed by atoms with van der Waals surface area (Å²) in [6.45, 7) is -0.173. The van der Waals surface area contributed by atoms with Gasteiger partial charge in [0.05, 0.1) is 20.4 Å². The van der Waals surface area contributed by atoms with Crippen LogP contribution in [0, 0.1) is 0 Å². The Kier molecular flexibility index (Phi) is 6.62. The van der Waals surface area contributed by atoms with E-state index in [1.807, 2.05) is 18.2 Å². The van der Waals surface area contributed by atoms with Gasteiger partial charge >= 0.3 is 0 Å². The van der Waals surface area contributed by atoms with Crippen LogP contribution in [0.3, 0.4) is 0 Å². The zero-order valence-electron chi connectivity index (χ0n) is 13.3. The Labute approximate surface area is 148 Å². The van der Waals surface area contributed by atoms with Crippen molar-refractivity contribution in [2.24, 2.45) is 5.10 Å². The van der Waals surface area contributed by atoms with E-state index in [4.69, 9.17) is 14.2 Å². The molecule has 1 amide bonds. The smallest absolute Gasteiger partial charge is 0.277 e. The summed E-state index contributed by atoms with van der Waals surface area (Å²) in [6.07, 6.45) is 1.53. The van der Waals surface area contributed by atoms with E-state index >= 15 is 0 Å². The molecule has 0 aliphatic carbocycles. The Morgan fingerprint density at radius 1 is 1.17 bits per heavy atom. The number of amides is 1. The number of nitrogens with one attached hydrogen (secondary N) is 1. The highest BCUT2D eigenvalue weighted by atomic mass is 79.9. The molecule has 0 atom stereocenters. The molecule has 6 nitrogen and oxygen atoms in total. The molecule has 126 valence electrons. The van der Waals surface area contributed by atoms with Crippen LogP contribution in [0.15, 0.2) is 52.0 Å². The van der Waals surface area contributed by atoms with E-state index in [1.165, 1.54) is 13.3 Å². The summed E-state index contributed by atoms with van der Waals surface area (Å²) in [5.41, 5.74) is 3.21. The lowest BCUT2D eigenvalue weighted by atomic mass is 10.2. The first-order valence-corrected chi connectivity index (χ1v) is 7.84. The molecule has 0 unspecified atom stereocenters. The molecule has 0 aliphatic rings. The molecule has 0 radical (unpaired) electrons. The van der Waals surface area contributed by atoms with Crippen molar-refractivity contribution in [2.75, 3.05) is 20.8 Å². The summed E-state index contributed by atoms with van der Waals surface area (Å²) in [4.78, 5) is 11.8. The molecule has 24 heavy (non-hydrogen) atoms. The number of benzene rings is 2. The van der Waals surface area contributed by atoms with Gasteiger partial charge in [0.2, 0.25) is 0 Å². The van der Waals surface area contributed by atoms with Gasteiger partial charge in [-0.2, -0.15) is 5.10 Å². The summed E-state index contributed by atoms with van der Waals surface area (Å²) < 4.78 is 16.6. The van der Waals surface area contributed by atoms with E-state index in [0.29, 0.717) is 11.5 Å². The monoisotopic (exact) mass is 392 g/mol. The largest absolute Gasteiger partial charge is 0.497 e. The van der Waals surface area contributed by atoms with Crippen molar-refractivity contribution in [3.8, 4) is 17.2 Å². The molecule has 7 heteroatoms. The molecule has 2 aromatic carbocycles. The quantitative estimate of drug-likeness (QED) is 0.580. The van der Waals surface area contributed by atoms with Crippen LogP contribution in [0.2, 0.25) is 0 Å². The standard InChI is InChI=1S/C17H17BrN2O4/c1-22-14-5-3-4-12(8-14)10-19-20-17(21)11-24-15-7-6-13(18)9-16(15)23-2/h3-10H,11H2,1-2H3,(H,20,21)/b19-10+. The lowest BCUT2D eigenvalue weighted by molar-refractivity contribution is -0.123. The number of carbonyl (C=O) groups is 1. The summed E-state index contributed by atoms with van der Waals surface area (Å²) >= 11 is 3.34. The van der Waals surface area contributed by atoms with Crippen LogP contribution in [0.1, 0.15) is 5.56 Å². The van der Waals surface area contributed by atoms with Crippen molar-refractivity contribution < 1.29 is 19.0 Å². The number of hydrogen-bond acceptors (Lipinski definition) is 5. The number of methoxy groups -OCH3 is 2. The lowest BCUT2D eigenvalue weighted by Crippen LogP contribution is -2.24. The minimum Gasteiger partial charge on any atom is -0.497 e. The van der Waals surface area contributed by atoms with Gasteiger partial charge in [-0.25, -0.2) is 5.43 Å². The Morgan fingerprint density at radius 2 is 2.00 bits per heavy atom. The van der Waals surface area contributed by atoms with Crippen LogP contribution in [0.4, 0.5) is 0 Å². The molecule has 0 aliphatic heterocycles. The summed E-state index contributed by atoms with van der Waals surface area (Å²) in [6, 6.07) is 12.6. The van der Waals surface area contributed by atoms with E-state index in [9.17, 15) is 4.79 Å². The van der Waals surface area contributed by atoms with Crippen molar-refractivity contribution in [1.82, 2.24) is 5.43 Å². The molecule has 0 spiro atoms. The zero-order chi connectivity index (χ0) is 17.4. The third-order valence-corrected chi connectivity index (χ3v) is 3.47. The maximum absolute atomic E-state index is 11.8. The van der Waals surface area contributed by atoms with Gasteiger partial charge in [0, 0.05) is 4.47 Å². The first kappa shape index (κ1) is 17.8. The molecule has 1 N–H and O–H groups in total. The van der Waals surface area contributed by atoms with E-state index in [1.54, 1.807) is 31.4 Å². The Bertz CT molecular complexity index is 734. The molecular weight excluding hydrogens is 376 g/mol. The minimum atomic E-state index is -0.376. The fourth-order valence-corrected chi connectivity index (χ4v) is 2.18. The van der Waals surface area contributed by atoms with Crippen molar-refractivity contribution in [3.63, 3.8) is 0 Å². The molecule has 0 fully saturated rings. The number of halogens is 1. The van der Waals surface area contributed by atoms with Crippen LogP contribution in [0.25, 0.3) is 0 Å². The summed E-state index contributed by atoms with van der Waals surface area (Å²) in [5.74, 6) is 1.36. The maximum Gasteiger partial charge on any atom is 0.277 e. The second-order valence-electron chi connectivity index (χ2n) is 4.65. The lowest BCUT2D eigenvalue weighted by Gasteiger charge is -2.10. The first-order valence-electron chi connectivity index (χ1n) is 7.04. The molecule has 2 rings (SSSR count). The number of rotatable bonds is 7. The average molecular weight is 393 g/mol. The van der Waals surface area contributed by atoms with Crippen LogP contribution < -0.4 is 19.6 Å². The highest BCUT2D eigenvalue weighted by Gasteiger charge is 2.07. The normalized spacial score (nSPS) is 10.5. The predicted octanol–water partition coefficient (Wildman–Crippen LogP) is 3.00. The van der Waals surface area contributed by atoms with Crippen molar-refractivity contribution in [1.29, 1.82) is 0 Å². The summed E-state index contributed by atoms with van der Waals surface area (Å²) in [5, 5.41) is 3.89. The van der Waals surface area contributed by atoms with E-state index < -0.39 is 0 Å². The third kappa shape index (κ3) is 5.27. The van der Waals surface area contributed by atoms with Crippen LogP contribution in [-0.4, -0.2) is 32.9 Å². The van der Waals surface area contributed by atoms with Gasteiger partial charge in [0.25, 0.3) is 5.91 Å². The van der Waals surface area contributed by atoms with Gasteiger partial charge in [-0.05, 0) is 35.9 Å². The maximum atomic E-state index is 11.8. The number of ether oxygens (including phenoxy) is 3. The first-order chi connectivity index (χ1) is 11.6. The van der Waals surface area contributed by atoms with Gasteiger partial charge in [-0.3, -0.25) is 4.79 Å². The molecule has 2 aromatic rings. The fraction of sp³-hybridized carbons (Fsp3) is 0.176. The van der Waals surface area contributed by atoms with Crippen LogP contribution in [0.5, 0.6) is 17.2 Å². The van der Waals surface area contributed by atoms with Crippen LogP contribution in [-0.2, 0) is 4.79 Å². The van der Waals surface area contributed by atoms with Gasteiger partial charge < -0.3 is 14.2 Å². The molecule has 0 saturated heterocycles. The number of hydrazone groups is 1. The minimum absolute atomic E-state index is 0.173. The molecule has 0 heterocycles. The molecular formula is C17H17BrN2O4. The third-order valence-electron chi connectivity index (χ3n) is 2.98. The highest BCUT2D eigenvalue weighted by molar-refractivity contribution is 9.10. The van der Waals surface area contributed by atoms with Crippen molar-refractivity contribution in [2.45, 2.75) is 0 Å². The molecule has 0 bridgehead atoms.